The Hall–Kier alpha value is -1.22. The highest BCUT2D eigenvalue weighted by Crippen LogP contribution is 2.12. The van der Waals surface area contributed by atoms with E-state index in [0.717, 1.165) is 39.4 Å². The molecule has 130 valence electrons. The van der Waals surface area contributed by atoms with E-state index in [4.69, 9.17) is 9.47 Å². The molecule has 3 aliphatic rings. The number of rotatable bonds is 5. The number of ether oxygens (including phenoxy) is 2. The molecule has 23 heavy (non-hydrogen) atoms. The zero-order valence-corrected chi connectivity index (χ0v) is 13.5. The number of morpholine rings is 2. The second-order valence-corrected chi connectivity index (χ2v) is 6.29. The predicted octanol–water partition coefficient (Wildman–Crippen LogP) is -1.98. The third-order valence-electron chi connectivity index (χ3n) is 4.59. The Morgan fingerprint density at radius 2 is 2.04 bits per heavy atom. The molecule has 0 aromatic heterocycles. The number of hydrogen-bond acceptors (Lipinski definition) is 6. The fraction of sp³-hybridized carbons (Fsp3) is 0.867. The van der Waals surface area contributed by atoms with Crippen LogP contribution in [0.2, 0.25) is 0 Å². The normalized spacial score (nSPS) is 29.7. The van der Waals surface area contributed by atoms with E-state index in [9.17, 15) is 9.59 Å². The van der Waals surface area contributed by atoms with Gasteiger partial charge in [0, 0.05) is 45.7 Å². The molecule has 0 spiro atoms. The van der Waals surface area contributed by atoms with Crippen molar-refractivity contribution in [1.29, 1.82) is 0 Å². The Morgan fingerprint density at radius 1 is 1.22 bits per heavy atom. The number of nitrogens with one attached hydrogen (secondary N) is 2. The number of likely N-dealkylation sites (tertiary alicyclic amines) is 1. The zero-order chi connectivity index (χ0) is 16.1. The van der Waals surface area contributed by atoms with E-state index in [-0.39, 0.29) is 23.9 Å². The lowest BCUT2D eigenvalue weighted by Gasteiger charge is -2.28. The minimum atomic E-state index is -0.304. The van der Waals surface area contributed by atoms with Crippen molar-refractivity contribution < 1.29 is 19.1 Å². The van der Waals surface area contributed by atoms with Gasteiger partial charge in [0.2, 0.25) is 11.8 Å². The average molecular weight is 326 g/mol. The Labute approximate surface area is 136 Å². The number of carbonyl (C=O) groups excluding carboxylic acids is 2. The quantitative estimate of drug-likeness (QED) is 0.610. The molecule has 2 unspecified atom stereocenters. The van der Waals surface area contributed by atoms with E-state index in [1.165, 1.54) is 0 Å². The second-order valence-electron chi connectivity index (χ2n) is 6.29. The van der Waals surface area contributed by atoms with Crippen molar-refractivity contribution >= 4 is 11.8 Å². The van der Waals surface area contributed by atoms with Gasteiger partial charge in [-0.25, -0.2) is 0 Å². The van der Waals surface area contributed by atoms with Gasteiger partial charge in [0.15, 0.2) is 0 Å². The fourth-order valence-corrected chi connectivity index (χ4v) is 3.21. The lowest BCUT2D eigenvalue weighted by Crippen LogP contribution is -2.53. The summed E-state index contributed by atoms with van der Waals surface area (Å²) in [4.78, 5) is 28.4. The molecule has 0 radical (unpaired) electrons. The van der Waals surface area contributed by atoms with Crippen molar-refractivity contribution in [3.05, 3.63) is 0 Å². The molecule has 3 rings (SSSR count). The van der Waals surface area contributed by atoms with E-state index in [1.807, 2.05) is 4.90 Å². The zero-order valence-electron chi connectivity index (χ0n) is 13.5. The summed E-state index contributed by atoms with van der Waals surface area (Å²) in [5.74, 6) is 0.0499. The first-order chi connectivity index (χ1) is 11.2. The third kappa shape index (κ3) is 4.63. The molecule has 2 N–H and O–H groups in total. The summed E-state index contributed by atoms with van der Waals surface area (Å²) < 4.78 is 10.6. The van der Waals surface area contributed by atoms with Crippen molar-refractivity contribution in [2.75, 3.05) is 65.7 Å². The molecule has 8 heteroatoms. The number of carbonyl (C=O) groups is 2. The number of amides is 2. The van der Waals surface area contributed by atoms with E-state index < -0.39 is 0 Å². The van der Waals surface area contributed by atoms with Crippen molar-refractivity contribution in [3.63, 3.8) is 0 Å². The molecule has 3 aliphatic heterocycles. The standard InChI is InChI=1S/C15H26N4O4/c20-14-9-12(17-15(21)13-11-23-6-1-16-13)10-19(14)3-2-18-4-7-22-8-5-18/h12-13,16H,1-11H2,(H,17,21). The minimum absolute atomic E-state index is 0.0717. The SMILES string of the molecule is O=C(NC1CC(=O)N(CCN2CCOCC2)C1)C1COCCN1. The van der Waals surface area contributed by atoms with Gasteiger partial charge < -0.3 is 25.0 Å². The first-order valence-corrected chi connectivity index (χ1v) is 8.42. The fourth-order valence-electron chi connectivity index (χ4n) is 3.21. The van der Waals surface area contributed by atoms with Crippen LogP contribution in [0.3, 0.4) is 0 Å². The summed E-state index contributed by atoms with van der Waals surface area (Å²) in [5, 5.41) is 6.10. The van der Waals surface area contributed by atoms with E-state index in [0.29, 0.717) is 32.7 Å². The summed E-state index contributed by atoms with van der Waals surface area (Å²) in [6, 6.07) is -0.398. The van der Waals surface area contributed by atoms with Gasteiger partial charge in [-0.3, -0.25) is 14.5 Å². The number of hydrogen-bond donors (Lipinski definition) is 2. The van der Waals surface area contributed by atoms with Gasteiger partial charge in [-0.2, -0.15) is 0 Å². The van der Waals surface area contributed by atoms with Gasteiger partial charge >= 0.3 is 0 Å². The smallest absolute Gasteiger partial charge is 0.239 e. The Bertz CT molecular complexity index is 422. The van der Waals surface area contributed by atoms with E-state index in [2.05, 4.69) is 15.5 Å². The van der Waals surface area contributed by atoms with Crippen LogP contribution in [-0.4, -0.2) is 99.4 Å². The summed E-state index contributed by atoms with van der Waals surface area (Å²) >= 11 is 0. The average Bonchev–Trinajstić information content (AvgIpc) is 2.94. The summed E-state index contributed by atoms with van der Waals surface area (Å²) in [5.41, 5.74) is 0. The van der Waals surface area contributed by atoms with Crippen LogP contribution in [0.25, 0.3) is 0 Å². The maximum absolute atomic E-state index is 12.2. The highest BCUT2D eigenvalue weighted by molar-refractivity contribution is 5.85. The minimum Gasteiger partial charge on any atom is -0.379 e. The molecule has 3 heterocycles. The molecular formula is C15H26N4O4. The van der Waals surface area contributed by atoms with Crippen LogP contribution in [-0.2, 0) is 19.1 Å². The molecule has 2 amide bonds. The lowest BCUT2D eigenvalue weighted by molar-refractivity contribution is -0.128. The molecule has 2 atom stereocenters. The van der Waals surface area contributed by atoms with Crippen LogP contribution in [0.5, 0.6) is 0 Å². The van der Waals surface area contributed by atoms with Crippen LogP contribution >= 0.6 is 0 Å². The van der Waals surface area contributed by atoms with Crippen molar-refractivity contribution in [1.82, 2.24) is 20.4 Å². The van der Waals surface area contributed by atoms with Crippen molar-refractivity contribution in [2.24, 2.45) is 0 Å². The maximum Gasteiger partial charge on any atom is 0.239 e. The monoisotopic (exact) mass is 326 g/mol. The largest absolute Gasteiger partial charge is 0.379 e. The number of nitrogens with zero attached hydrogens (tertiary/aromatic N) is 2. The van der Waals surface area contributed by atoms with Crippen LogP contribution in [0.1, 0.15) is 6.42 Å². The second kappa shape index (κ2) is 8.05. The van der Waals surface area contributed by atoms with Gasteiger partial charge in [-0.05, 0) is 0 Å². The van der Waals surface area contributed by atoms with Crippen LogP contribution in [0, 0.1) is 0 Å². The Balaban J connectivity index is 1.40. The van der Waals surface area contributed by atoms with Crippen LogP contribution in [0.4, 0.5) is 0 Å². The van der Waals surface area contributed by atoms with Crippen molar-refractivity contribution in [3.8, 4) is 0 Å². The van der Waals surface area contributed by atoms with Crippen LogP contribution < -0.4 is 10.6 Å². The van der Waals surface area contributed by atoms with E-state index in [1.54, 1.807) is 0 Å². The Kier molecular flexibility index (Phi) is 5.82. The molecule has 8 nitrogen and oxygen atoms in total. The maximum atomic E-state index is 12.2. The lowest BCUT2D eigenvalue weighted by atomic mass is 10.2. The first kappa shape index (κ1) is 16.6. The molecular weight excluding hydrogens is 300 g/mol. The Morgan fingerprint density at radius 3 is 2.78 bits per heavy atom. The highest BCUT2D eigenvalue weighted by atomic mass is 16.5. The van der Waals surface area contributed by atoms with Gasteiger partial charge in [0.1, 0.15) is 6.04 Å². The van der Waals surface area contributed by atoms with Gasteiger partial charge in [-0.15, -0.1) is 0 Å². The molecule has 3 fully saturated rings. The predicted molar refractivity (Wildman–Crippen MR) is 83.0 cm³/mol. The molecule has 0 bridgehead atoms. The highest BCUT2D eigenvalue weighted by Gasteiger charge is 2.32. The third-order valence-corrected chi connectivity index (χ3v) is 4.59. The van der Waals surface area contributed by atoms with E-state index >= 15 is 0 Å². The first-order valence-electron chi connectivity index (χ1n) is 8.42. The van der Waals surface area contributed by atoms with Crippen molar-refractivity contribution in [2.45, 2.75) is 18.5 Å². The summed E-state index contributed by atoms with van der Waals surface area (Å²) in [6.07, 6.45) is 0.391. The van der Waals surface area contributed by atoms with Gasteiger partial charge in [0.25, 0.3) is 0 Å². The van der Waals surface area contributed by atoms with Crippen LogP contribution in [0.15, 0.2) is 0 Å². The molecule has 3 saturated heterocycles. The summed E-state index contributed by atoms with van der Waals surface area (Å²) in [7, 11) is 0. The molecule has 0 aromatic carbocycles. The molecule has 0 saturated carbocycles. The topological polar surface area (TPSA) is 83.1 Å². The molecule has 0 aliphatic carbocycles. The molecule has 0 aromatic rings. The van der Waals surface area contributed by atoms with Gasteiger partial charge in [0.05, 0.1) is 32.5 Å². The van der Waals surface area contributed by atoms with Gasteiger partial charge in [-0.1, -0.05) is 0 Å². The summed E-state index contributed by atoms with van der Waals surface area (Å²) in [6.45, 7) is 7.30.